The van der Waals surface area contributed by atoms with Crippen LogP contribution in [-0.4, -0.2) is 40.3 Å². The van der Waals surface area contributed by atoms with Crippen LogP contribution in [0.3, 0.4) is 0 Å². The number of carbonyl (C=O) groups excluding carboxylic acids is 2. The average Bonchev–Trinajstić information content (AvgIpc) is 2.63. The van der Waals surface area contributed by atoms with Gasteiger partial charge in [-0.05, 0) is 49.2 Å². The molecule has 0 aromatic heterocycles. The third kappa shape index (κ3) is 5.26. The zero-order chi connectivity index (χ0) is 19.1. The molecule has 2 aromatic carbocycles. The second kappa shape index (κ2) is 9.29. The van der Waals surface area contributed by atoms with Crippen LogP contribution in [0.4, 0.5) is 5.69 Å². The monoisotopic (exact) mass is 372 g/mol. The molecule has 1 atom stereocenters. The fraction of sp³-hybridized carbons (Fsp3) is 0.300. The lowest BCUT2D eigenvalue weighted by Gasteiger charge is -2.22. The highest BCUT2D eigenvalue weighted by Gasteiger charge is 2.18. The van der Waals surface area contributed by atoms with Crippen molar-refractivity contribution in [2.75, 3.05) is 24.7 Å². The first-order chi connectivity index (χ1) is 12.4. The lowest BCUT2D eigenvalue weighted by molar-refractivity contribution is -0.116. The molecule has 26 heavy (non-hydrogen) atoms. The van der Waals surface area contributed by atoms with Crippen LogP contribution in [0.2, 0.25) is 0 Å². The molecule has 0 saturated carbocycles. The zero-order valence-corrected chi connectivity index (χ0v) is 16.1. The van der Waals surface area contributed by atoms with Crippen molar-refractivity contribution in [3.8, 4) is 0 Å². The van der Waals surface area contributed by atoms with Gasteiger partial charge in [-0.2, -0.15) is 0 Å². The predicted molar refractivity (Wildman–Crippen MR) is 105 cm³/mol. The van der Waals surface area contributed by atoms with Crippen molar-refractivity contribution in [2.24, 2.45) is 0 Å². The Morgan fingerprint density at radius 3 is 2.31 bits per heavy atom. The minimum atomic E-state index is -1.09. The van der Waals surface area contributed by atoms with Crippen LogP contribution in [0.5, 0.6) is 0 Å². The largest absolute Gasteiger partial charge is 0.329 e. The molecule has 0 spiro atoms. The quantitative estimate of drug-likeness (QED) is 0.811. The maximum absolute atomic E-state index is 12.7. The van der Waals surface area contributed by atoms with E-state index in [1.165, 1.54) is 4.90 Å². The third-order valence-electron chi connectivity index (χ3n) is 3.97. The summed E-state index contributed by atoms with van der Waals surface area (Å²) in [7, 11) is -1.09. The molecular formula is C20H24N2O3S. The molecule has 138 valence electrons. The van der Waals surface area contributed by atoms with E-state index in [9.17, 15) is 13.8 Å². The van der Waals surface area contributed by atoms with Crippen molar-refractivity contribution in [1.82, 2.24) is 4.90 Å². The van der Waals surface area contributed by atoms with Gasteiger partial charge in [0.25, 0.3) is 5.91 Å². The molecule has 0 aliphatic heterocycles. The smallest absolute Gasteiger partial charge is 0.254 e. The molecule has 5 nitrogen and oxygen atoms in total. The van der Waals surface area contributed by atoms with Gasteiger partial charge in [0.1, 0.15) is 6.54 Å². The van der Waals surface area contributed by atoms with Gasteiger partial charge >= 0.3 is 0 Å². The minimum absolute atomic E-state index is 0.0114. The summed E-state index contributed by atoms with van der Waals surface area (Å²) >= 11 is 0. The summed E-state index contributed by atoms with van der Waals surface area (Å²) in [6.45, 7) is 4.36. The summed E-state index contributed by atoms with van der Waals surface area (Å²) in [5.41, 5.74) is 2.20. The van der Waals surface area contributed by atoms with Crippen molar-refractivity contribution in [1.29, 1.82) is 0 Å². The molecule has 2 aromatic rings. The van der Waals surface area contributed by atoms with Gasteiger partial charge in [0, 0.05) is 39.7 Å². The van der Waals surface area contributed by atoms with Crippen LogP contribution < -0.4 is 5.32 Å². The van der Waals surface area contributed by atoms with Gasteiger partial charge in [-0.15, -0.1) is 0 Å². The van der Waals surface area contributed by atoms with Gasteiger partial charge in [0.05, 0.1) is 0 Å². The van der Waals surface area contributed by atoms with Crippen LogP contribution in [0.15, 0.2) is 53.4 Å². The van der Waals surface area contributed by atoms with Gasteiger partial charge in [0.2, 0.25) is 5.91 Å². The second-order valence-electron chi connectivity index (χ2n) is 6.07. The lowest BCUT2D eigenvalue weighted by atomic mass is 10.2. The molecule has 1 unspecified atom stereocenters. The highest BCUT2D eigenvalue weighted by atomic mass is 32.2. The van der Waals surface area contributed by atoms with E-state index in [2.05, 4.69) is 5.32 Å². The number of anilines is 1. The first-order valence-corrected chi connectivity index (χ1v) is 10.1. The van der Waals surface area contributed by atoms with Gasteiger partial charge in [-0.25, -0.2) is 0 Å². The topological polar surface area (TPSA) is 66.5 Å². The van der Waals surface area contributed by atoms with E-state index in [0.29, 0.717) is 17.0 Å². The van der Waals surface area contributed by atoms with E-state index in [1.54, 1.807) is 30.5 Å². The predicted octanol–water partition coefficient (Wildman–Crippen LogP) is 3.22. The summed E-state index contributed by atoms with van der Waals surface area (Å²) in [5, 5.41) is 2.86. The number of para-hydroxylation sites is 1. The first-order valence-electron chi connectivity index (χ1n) is 8.50. The molecule has 0 fully saturated rings. The highest BCUT2D eigenvalue weighted by Crippen LogP contribution is 2.14. The van der Waals surface area contributed by atoms with E-state index in [1.807, 2.05) is 38.1 Å². The Morgan fingerprint density at radius 1 is 1.08 bits per heavy atom. The molecule has 6 heteroatoms. The Bertz CT molecular complexity index is 803. The minimum Gasteiger partial charge on any atom is -0.329 e. The fourth-order valence-corrected chi connectivity index (χ4v) is 3.09. The molecule has 0 saturated heterocycles. The average molecular weight is 372 g/mol. The lowest BCUT2D eigenvalue weighted by Crippen LogP contribution is -2.38. The number of carbonyl (C=O) groups is 2. The molecule has 2 amide bonds. The number of hydrogen-bond acceptors (Lipinski definition) is 3. The van der Waals surface area contributed by atoms with Crippen molar-refractivity contribution >= 4 is 28.3 Å². The maximum Gasteiger partial charge on any atom is 0.254 e. The first kappa shape index (κ1) is 19.8. The van der Waals surface area contributed by atoms with Gasteiger partial charge in [0.15, 0.2) is 0 Å². The maximum atomic E-state index is 12.7. The number of aryl methyl sites for hydroxylation is 1. The molecular weight excluding hydrogens is 348 g/mol. The normalized spacial score (nSPS) is 11.7. The van der Waals surface area contributed by atoms with Crippen molar-refractivity contribution in [3.05, 3.63) is 59.7 Å². The number of hydrogen-bond donors (Lipinski definition) is 1. The Labute approximate surface area is 156 Å². The molecule has 0 heterocycles. The summed E-state index contributed by atoms with van der Waals surface area (Å²) in [6.07, 6.45) is 2.34. The van der Waals surface area contributed by atoms with Crippen LogP contribution >= 0.6 is 0 Å². The van der Waals surface area contributed by atoms with Crippen LogP contribution in [0, 0.1) is 6.92 Å². The third-order valence-corrected chi connectivity index (χ3v) is 4.90. The SMILES string of the molecule is CCCN(CC(=O)Nc1ccccc1C)C(=O)c1ccc(S(C)=O)cc1. The fourth-order valence-electron chi connectivity index (χ4n) is 2.57. The van der Waals surface area contributed by atoms with E-state index in [-0.39, 0.29) is 18.4 Å². The Morgan fingerprint density at radius 2 is 1.73 bits per heavy atom. The highest BCUT2D eigenvalue weighted by molar-refractivity contribution is 7.84. The van der Waals surface area contributed by atoms with Gasteiger partial charge in [-0.1, -0.05) is 25.1 Å². The van der Waals surface area contributed by atoms with Crippen LogP contribution in [-0.2, 0) is 15.6 Å². The zero-order valence-electron chi connectivity index (χ0n) is 15.3. The molecule has 0 aliphatic rings. The van der Waals surface area contributed by atoms with Crippen LogP contribution in [0.25, 0.3) is 0 Å². The van der Waals surface area contributed by atoms with Crippen molar-refractivity contribution in [2.45, 2.75) is 25.2 Å². The van der Waals surface area contributed by atoms with E-state index in [4.69, 9.17) is 0 Å². The standard InChI is InChI=1S/C20H24N2O3S/c1-4-13-22(14-19(23)21-18-8-6-5-7-15(18)2)20(24)16-9-11-17(12-10-16)26(3)25/h5-12H,4,13-14H2,1-3H3,(H,21,23). The Hall–Kier alpha value is -2.47. The summed E-state index contributed by atoms with van der Waals surface area (Å²) in [6, 6.07) is 14.2. The summed E-state index contributed by atoms with van der Waals surface area (Å²) in [5.74, 6) is -0.437. The summed E-state index contributed by atoms with van der Waals surface area (Å²) in [4.78, 5) is 27.3. The Balaban J connectivity index is 2.09. The number of benzene rings is 2. The van der Waals surface area contributed by atoms with E-state index >= 15 is 0 Å². The second-order valence-corrected chi connectivity index (χ2v) is 7.45. The summed E-state index contributed by atoms with van der Waals surface area (Å²) < 4.78 is 11.5. The number of rotatable bonds is 7. The Kier molecular flexibility index (Phi) is 7.09. The number of nitrogens with one attached hydrogen (secondary N) is 1. The number of nitrogens with zero attached hydrogens (tertiary/aromatic N) is 1. The molecule has 0 aliphatic carbocycles. The van der Waals surface area contributed by atoms with E-state index < -0.39 is 10.8 Å². The molecule has 0 bridgehead atoms. The van der Waals surface area contributed by atoms with E-state index in [0.717, 1.165) is 17.7 Å². The number of amides is 2. The van der Waals surface area contributed by atoms with Gasteiger partial charge < -0.3 is 10.2 Å². The van der Waals surface area contributed by atoms with Crippen LogP contribution in [0.1, 0.15) is 29.3 Å². The van der Waals surface area contributed by atoms with Crippen molar-refractivity contribution < 1.29 is 13.8 Å². The van der Waals surface area contributed by atoms with Crippen molar-refractivity contribution in [3.63, 3.8) is 0 Å². The molecule has 0 radical (unpaired) electrons. The molecule has 1 N–H and O–H groups in total. The van der Waals surface area contributed by atoms with Gasteiger partial charge in [-0.3, -0.25) is 13.8 Å². The molecule has 2 rings (SSSR count).